The van der Waals surface area contributed by atoms with Crippen LogP contribution in [0.3, 0.4) is 0 Å². The minimum absolute atomic E-state index is 0.00392. The number of carbonyl (C=O) groups is 2. The van der Waals surface area contributed by atoms with Crippen molar-refractivity contribution >= 4 is 23.6 Å². The molecule has 0 aliphatic carbocycles. The van der Waals surface area contributed by atoms with Crippen molar-refractivity contribution in [3.63, 3.8) is 0 Å². The molecule has 1 fully saturated rings. The number of halogens is 1. The van der Waals surface area contributed by atoms with Crippen LogP contribution in [0.25, 0.3) is 0 Å². The van der Waals surface area contributed by atoms with Crippen LogP contribution in [0.1, 0.15) is 36.7 Å². The highest BCUT2D eigenvalue weighted by Crippen LogP contribution is 2.22. The molecule has 24 heavy (non-hydrogen) atoms. The molecule has 0 aromatic heterocycles. The van der Waals surface area contributed by atoms with E-state index in [4.69, 9.17) is 16.3 Å². The van der Waals surface area contributed by atoms with Crippen molar-refractivity contribution in [3.05, 3.63) is 35.4 Å². The van der Waals surface area contributed by atoms with Gasteiger partial charge in [-0.3, -0.25) is 4.79 Å². The zero-order valence-electron chi connectivity index (χ0n) is 14.5. The van der Waals surface area contributed by atoms with Crippen molar-refractivity contribution in [3.8, 4) is 0 Å². The van der Waals surface area contributed by atoms with Gasteiger partial charge in [0.2, 0.25) is 0 Å². The molecule has 1 aliphatic heterocycles. The van der Waals surface area contributed by atoms with E-state index in [-0.39, 0.29) is 29.9 Å². The van der Waals surface area contributed by atoms with Crippen LogP contribution in [0.2, 0.25) is 0 Å². The number of piperazine rings is 1. The molecule has 0 unspecified atom stereocenters. The number of amides is 2. The average Bonchev–Trinajstić information content (AvgIpc) is 2.58. The first-order valence-electron chi connectivity index (χ1n) is 8.20. The maximum absolute atomic E-state index is 12.6. The minimum atomic E-state index is -0.364. The fourth-order valence-electron chi connectivity index (χ4n) is 2.60. The topological polar surface area (TPSA) is 49.9 Å². The molecule has 5 nitrogen and oxygen atoms in total. The van der Waals surface area contributed by atoms with Crippen LogP contribution >= 0.6 is 11.6 Å². The fraction of sp³-hybridized carbons (Fsp3) is 0.556. The van der Waals surface area contributed by atoms with Crippen LogP contribution < -0.4 is 0 Å². The van der Waals surface area contributed by atoms with Gasteiger partial charge in [-0.1, -0.05) is 32.9 Å². The molecule has 0 radical (unpaired) electrons. The second kappa shape index (κ2) is 7.88. The van der Waals surface area contributed by atoms with Crippen molar-refractivity contribution in [2.24, 2.45) is 0 Å². The van der Waals surface area contributed by atoms with Gasteiger partial charge in [0.25, 0.3) is 5.91 Å². The zero-order valence-corrected chi connectivity index (χ0v) is 15.3. The van der Waals surface area contributed by atoms with Crippen LogP contribution in [0.15, 0.2) is 24.3 Å². The highest BCUT2D eigenvalue weighted by molar-refractivity contribution is 6.18. The van der Waals surface area contributed by atoms with E-state index < -0.39 is 0 Å². The Kier molecular flexibility index (Phi) is 6.10. The van der Waals surface area contributed by atoms with Gasteiger partial charge in [-0.05, 0) is 23.1 Å². The monoisotopic (exact) mass is 352 g/mol. The van der Waals surface area contributed by atoms with E-state index in [0.29, 0.717) is 31.7 Å². The van der Waals surface area contributed by atoms with E-state index in [2.05, 4.69) is 20.8 Å². The largest absolute Gasteiger partial charge is 0.448 e. The van der Waals surface area contributed by atoms with Gasteiger partial charge in [0.1, 0.15) is 6.61 Å². The highest BCUT2D eigenvalue weighted by Gasteiger charge is 2.25. The second-order valence-corrected chi connectivity index (χ2v) is 7.29. The standard InChI is InChI=1S/C18H25ClN2O3/c1-18(2,3)15-6-4-14(5-7-15)16(22)20-9-11-21(12-10-20)17(23)24-13-8-19/h4-7H,8-13H2,1-3H3. The molecular weight excluding hydrogens is 328 g/mol. The van der Waals surface area contributed by atoms with Crippen molar-refractivity contribution in [2.75, 3.05) is 38.7 Å². The lowest BCUT2D eigenvalue weighted by atomic mass is 9.86. The Bertz CT molecular complexity index is 573. The SMILES string of the molecule is CC(C)(C)c1ccc(C(=O)N2CCN(C(=O)OCCCl)CC2)cc1. The predicted molar refractivity (Wildman–Crippen MR) is 94.7 cm³/mol. The molecule has 2 amide bonds. The van der Waals surface area contributed by atoms with Crippen LogP contribution in [0.4, 0.5) is 4.79 Å². The second-order valence-electron chi connectivity index (χ2n) is 6.91. The summed E-state index contributed by atoms with van der Waals surface area (Å²) in [6.07, 6.45) is -0.364. The van der Waals surface area contributed by atoms with Gasteiger partial charge >= 0.3 is 6.09 Å². The van der Waals surface area contributed by atoms with Gasteiger partial charge in [0, 0.05) is 31.7 Å². The lowest BCUT2D eigenvalue weighted by Gasteiger charge is -2.34. The smallest absolute Gasteiger partial charge is 0.409 e. The third-order valence-corrected chi connectivity index (χ3v) is 4.28. The molecule has 2 rings (SSSR count). The summed E-state index contributed by atoms with van der Waals surface area (Å²) in [7, 11) is 0. The van der Waals surface area contributed by atoms with E-state index in [0.717, 1.165) is 0 Å². The number of hydrogen-bond donors (Lipinski definition) is 0. The Morgan fingerprint density at radius 1 is 1.04 bits per heavy atom. The Morgan fingerprint density at radius 2 is 1.58 bits per heavy atom. The number of nitrogens with zero attached hydrogens (tertiary/aromatic N) is 2. The van der Waals surface area contributed by atoms with E-state index in [1.807, 2.05) is 24.3 Å². The van der Waals surface area contributed by atoms with Gasteiger partial charge in [-0.2, -0.15) is 0 Å². The lowest BCUT2D eigenvalue weighted by molar-refractivity contribution is 0.0572. The number of rotatable bonds is 3. The molecule has 0 N–H and O–H groups in total. The Hall–Kier alpha value is -1.75. The summed E-state index contributed by atoms with van der Waals surface area (Å²) in [5, 5.41) is 0. The first-order chi connectivity index (χ1) is 11.3. The number of benzene rings is 1. The molecule has 0 bridgehead atoms. The summed E-state index contributed by atoms with van der Waals surface area (Å²) < 4.78 is 5.01. The highest BCUT2D eigenvalue weighted by atomic mass is 35.5. The molecule has 6 heteroatoms. The molecule has 1 aromatic rings. The summed E-state index contributed by atoms with van der Waals surface area (Å²) in [5.41, 5.74) is 1.95. The van der Waals surface area contributed by atoms with Gasteiger partial charge < -0.3 is 14.5 Å². The maximum Gasteiger partial charge on any atom is 0.409 e. The van der Waals surface area contributed by atoms with Gasteiger partial charge in [0.15, 0.2) is 0 Å². The molecule has 1 aromatic carbocycles. The Labute approximate surface area is 148 Å². The molecule has 1 aliphatic rings. The quantitative estimate of drug-likeness (QED) is 0.785. The van der Waals surface area contributed by atoms with Gasteiger partial charge in [0.05, 0.1) is 5.88 Å². The summed E-state index contributed by atoms with van der Waals surface area (Å²) in [4.78, 5) is 27.7. The molecule has 1 saturated heterocycles. The molecular formula is C18H25ClN2O3. The zero-order chi connectivity index (χ0) is 17.7. The van der Waals surface area contributed by atoms with E-state index in [1.54, 1.807) is 9.80 Å². The van der Waals surface area contributed by atoms with Crippen LogP contribution in [0, 0.1) is 0 Å². The fourth-order valence-corrected chi connectivity index (χ4v) is 2.68. The van der Waals surface area contributed by atoms with Crippen LogP contribution in [-0.2, 0) is 10.2 Å². The number of carbonyl (C=O) groups excluding carboxylic acids is 2. The number of ether oxygens (including phenoxy) is 1. The normalized spacial score (nSPS) is 15.3. The third-order valence-electron chi connectivity index (χ3n) is 4.13. The molecule has 0 spiro atoms. The number of hydrogen-bond acceptors (Lipinski definition) is 3. The molecule has 0 saturated carbocycles. The van der Waals surface area contributed by atoms with Crippen molar-refractivity contribution in [1.29, 1.82) is 0 Å². The lowest BCUT2D eigenvalue weighted by Crippen LogP contribution is -2.50. The first-order valence-corrected chi connectivity index (χ1v) is 8.74. The maximum atomic E-state index is 12.6. The molecule has 132 valence electrons. The molecule has 0 atom stereocenters. The third kappa shape index (κ3) is 4.63. The minimum Gasteiger partial charge on any atom is -0.448 e. The van der Waals surface area contributed by atoms with Crippen LogP contribution in [-0.4, -0.2) is 60.5 Å². The van der Waals surface area contributed by atoms with Crippen LogP contribution in [0.5, 0.6) is 0 Å². The van der Waals surface area contributed by atoms with E-state index in [1.165, 1.54) is 5.56 Å². The summed E-state index contributed by atoms with van der Waals surface area (Å²) in [6.45, 7) is 8.62. The Morgan fingerprint density at radius 3 is 2.08 bits per heavy atom. The Balaban J connectivity index is 1.92. The first kappa shape index (κ1) is 18.6. The summed E-state index contributed by atoms with van der Waals surface area (Å²) in [6, 6.07) is 7.77. The average molecular weight is 353 g/mol. The van der Waals surface area contributed by atoms with E-state index >= 15 is 0 Å². The summed E-state index contributed by atoms with van der Waals surface area (Å²) >= 11 is 5.51. The predicted octanol–water partition coefficient (Wildman–Crippen LogP) is 3.12. The van der Waals surface area contributed by atoms with E-state index in [9.17, 15) is 9.59 Å². The number of alkyl halides is 1. The molecule has 1 heterocycles. The summed E-state index contributed by atoms with van der Waals surface area (Å²) in [5.74, 6) is 0.290. The van der Waals surface area contributed by atoms with Crippen molar-refractivity contribution in [1.82, 2.24) is 9.80 Å². The van der Waals surface area contributed by atoms with Crippen molar-refractivity contribution in [2.45, 2.75) is 26.2 Å². The van der Waals surface area contributed by atoms with Gasteiger partial charge in [-0.15, -0.1) is 11.6 Å². The van der Waals surface area contributed by atoms with Crippen molar-refractivity contribution < 1.29 is 14.3 Å². The van der Waals surface area contributed by atoms with Gasteiger partial charge in [-0.25, -0.2) is 4.79 Å².